The van der Waals surface area contributed by atoms with E-state index < -0.39 is 18.0 Å². The van der Waals surface area contributed by atoms with Gasteiger partial charge in [0.2, 0.25) is 0 Å². The molecule has 4 aromatic rings. The summed E-state index contributed by atoms with van der Waals surface area (Å²) in [7, 11) is 0. The molecule has 1 aromatic carbocycles. The highest BCUT2D eigenvalue weighted by atomic mass is 32.1. The van der Waals surface area contributed by atoms with Gasteiger partial charge in [0.05, 0.1) is 27.2 Å². The molecule has 0 fully saturated rings. The van der Waals surface area contributed by atoms with Crippen LogP contribution in [0.25, 0.3) is 21.7 Å². The van der Waals surface area contributed by atoms with E-state index in [4.69, 9.17) is 18.7 Å². The number of thiophene rings is 1. The molecule has 0 saturated carbocycles. The number of carbonyl (C=O) groups is 2. The first-order valence-corrected chi connectivity index (χ1v) is 11.1. The van der Waals surface area contributed by atoms with Crippen molar-refractivity contribution in [2.24, 2.45) is 0 Å². The van der Waals surface area contributed by atoms with E-state index in [1.165, 1.54) is 18.3 Å². The molecular weight excluding hydrogens is 446 g/mol. The number of aryl methyl sites for hydroxylation is 1. The van der Waals surface area contributed by atoms with Crippen LogP contribution < -0.4 is 14.8 Å². The van der Waals surface area contributed by atoms with Gasteiger partial charge in [-0.15, -0.1) is 11.3 Å². The Morgan fingerprint density at radius 3 is 2.76 bits per heavy atom. The van der Waals surface area contributed by atoms with E-state index in [0.717, 1.165) is 4.88 Å². The lowest BCUT2D eigenvalue weighted by Gasteiger charge is -2.19. The molecule has 0 bridgehead atoms. The van der Waals surface area contributed by atoms with Crippen molar-refractivity contribution in [1.82, 2.24) is 10.1 Å². The maximum absolute atomic E-state index is 13.1. The largest absolute Gasteiger partial charge is 0.486 e. The number of pyridine rings is 1. The van der Waals surface area contributed by atoms with Gasteiger partial charge in [-0.1, -0.05) is 11.2 Å². The van der Waals surface area contributed by atoms with E-state index in [-0.39, 0.29) is 11.3 Å². The molecule has 1 amide bonds. The zero-order valence-electron chi connectivity index (χ0n) is 17.8. The summed E-state index contributed by atoms with van der Waals surface area (Å²) < 4.78 is 21.8. The quantitative estimate of drug-likeness (QED) is 0.436. The predicted octanol–water partition coefficient (Wildman–Crippen LogP) is 4.21. The first kappa shape index (κ1) is 21.0. The highest BCUT2D eigenvalue weighted by Crippen LogP contribution is 2.33. The Labute approximate surface area is 192 Å². The molecule has 10 heteroatoms. The average molecular weight is 465 g/mol. The van der Waals surface area contributed by atoms with Crippen LogP contribution in [0.1, 0.15) is 23.0 Å². The Balaban J connectivity index is 1.35. The van der Waals surface area contributed by atoms with Crippen molar-refractivity contribution < 1.29 is 28.3 Å². The van der Waals surface area contributed by atoms with Gasteiger partial charge >= 0.3 is 5.97 Å². The molecule has 4 heterocycles. The molecule has 1 aliphatic rings. The van der Waals surface area contributed by atoms with Crippen molar-refractivity contribution >= 4 is 40.0 Å². The lowest BCUT2D eigenvalue weighted by Crippen LogP contribution is -2.30. The molecule has 3 aromatic heterocycles. The number of ether oxygens (including phenoxy) is 3. The summed E-state index contributed by atoms with van der Waals surface area (Å²) in [6, 6.07) is 10.5. The van der Waals surface area contributed by atoms with Gasteiger partial charge in [-0.3, -0.25) is 4.79 Å². The van der Waals surface area contributed by atoms with Crippen LogP contribution in [-0.2, 0) is 9.53 Å². The maximum atomic E-state index is 13.1. The average Bonchev–Trinajstić information content (AvgIpc) is 3.49. The van der Waals surface area contributed by atoms with Gasteiger partial charge < -0.3 is 24.1 Å². The predicted molar refractivity (Wildman–Crippen MR) is 121 cm³/mol. The van der Waals surface area contributed by atoms with Crippen LogP contribution in [0.3, 0.4) is 0 Å². The molecule has 33 heavy (non-hydrogen) atoms. The number of nitrogens with zero attached hydrogens (tertiary/aromatic N) is 2. The highest BCUT2D eigenvalue weighted by molar-refractivity contribution is 7.13. The topological polar surface area (TPSA) is 113 Å². The third kappa shape index (κ3) is 4.12. The molecule has 1 aliphatic heterocycles. The molecule has 0 aliphatic carbocycles. The lowest BCUT2D eigenvalue weighted by atomic mass is 10.1. The van der Waals surface area contributed by atoms with E-state index in [0.29, 0.717) is 47.2 Å². The number of hydrogen-bond acceptors (Lipinski definition) is 9. The van der Waals surface area contributed by atoms with Crippen molar-refractivity contribution in [3.8, 4) is 22.1 Å². The summed E-state index contributed by atoms with van der Waals surface area (Å²) in [5.41, 5.74) is 2.05. The Morgan fingerprint density at radius 1 is 1.15 bits per heavy atom. The molecule has 1 N–H and O–H groups in total. The zero-order valence-corrected chi connectivity index (χ0v) is 18.6. The number of aromatic nitrogens is 2. The van der Waals surface area contributed by atoms with Crippen LogP contribution in [0.5, 0.6) is 11.5 Å². The summed E-state index contributed by atoms with van der Waals surface area (Å²) >= 11 is 1.48. The van der Waals surface area contributed by atoms with E-state index in [9.17, 15) is 9.59 Å². The summed E-state index contributed by atoms with van der Waals surface area (Å²) in [6.45, 7) is 4.14. The van der Waals surface area contributed by atoms with Crippen molar-refractivity contribution in [3.63, 3.8) is 0 Å². The third-order valence-electron chi connectivity index (χ3n) is 5.07. The molecule has 168 valence electrons. The summed E-state index contributed by atoms with van der Waals surface area (Å²) in [4.78, 5) is 31.1. The number of hydrogen-bond donors (Lipinski definition) is 1. The van der Waals surface area contributed by atoms with Gasteiger partial charge in [-0.05, 0) is 43.5 Å². The molecule has 0 saturated heterocycles. The van der Waals surface area contributed by atoms with Crippen LogP contribution >= 0.6 is 11.3 Å². The second kappa shape index (κ2) is 8.55. The number of nitrogens with one attached hydrogen (secondary N) is 1. The highest BCUT2D eigenvalue weighted by Gasteiger charge is 2.25. The number of esters is 1. The number of rotatable bonds is 5. The van der Waals surface area contributed by atoms with E-state index >= 15 is 0 Å². The van der Waals surface area contributed by atoms with Gasteiger partial charge in [0.15, 0.2) is 17.6 Å². The van der Waals surface area contributed by atoms with E-state index in [2.05, 4.69) is 15.5 Å². The lowest BCUT2D eigenvalue weighted by molar-refractivity contribution is -0.123. The Kier molecular flexibility index (Phi) is 5.43. The summed E-state index contributed by atoms with van der Waals surface area (Å²) in [6.07, 6.45) is -1.06. The van der Waals surface area contributed by atoms with Gasteiger partial charge in [-0.25, -0.2) is 9.78 Å². The molecule has 1 atom stereocenters. The summed E-state index contributed by atoms with van der Waals surface area (Å²) in [5.74, 6) is 0.0140. The van der Waals surface area contributed by atoms with Crippen LogP contribution in [0.15, 0.2) is 46.3 Å². The van der Waals surface area contributed by atoms with Crippen molar-refractivity contribution in [2.45, 2.75) is 20.0 Å². The summed E-state index contributed by atoms with van der Waals surface area (Å²) in [5, 5.41) is 9.03. The Morgan fingerprint density at radius 2 is 1.97 bits per heavy atom. The fourth-order valence-corrected chi connectivity index (χ4v) is 4.13. The first-order chi connectivity index (χ1) is 16.0. The van der Waals surface area contributed by atoms with Gasteiger partial charge in [0, 0.05) is 11.8 Å². The van der Waals surface area contributed by atoms with Crippen molar-refractivity contribution in [2.75, 3.05) is 18.5 Å². The van der Waals surface area contributed by atoms with Crippen LogP contribution in [0, 0.1) is 6.92 Å². The second-order valence-corrected chi connectivity index (χ2v) is 8.32. The number of carbonyl (C=O) groups excluding carboxylic acids is 2. The minimum absolute atomic E-state index is 0.235. The van der Waals surface area contributed by atoms with Crippen LogP contribution in [0.2, 0.25) is 0 Å². The minimum Gasteiger partial charge on any atom is -0.486 e. The fourth-order valence-electron chi connectivity index (χ4n) is 3.45. The Bertz CT molecular complexity index is 1350. The standard InChI is InChI=1S/C23H19N3O6S/c1-12-20-15(11-16(19-4-3-9-33-19)25-22(20)32-26-12)23(28)31-13(2)21(27)24-14-5-6-17-18(10-14)30-8-7-29-17/h3-6,9-11,13H,7-8H2,1-2H3,(H,24,27). The second-order valence-electron chi connectivity index (χ2n) is 7.38. The van der Waals surface area contributed by atoms with Gasteiger partial charge in [-0.2, -0.15) is 0 Å². The SMILES string of the molecule is Cc1noc2nc(-c3cccs3)cc(C(=O)OC(C)C(=O)Nc3ccc4c(c3)OCCO4)c12. The van der Waals surface area contributed by atoms with Crippen molar-refractivity contribution in [3.05, 3.63) is 53.0 Å². The number of anilines is 1. The normalized spacial score (nSPS) is 13.5. The molecule has 9 nitrogen and oxygen atoms in total. The Hall–Kier alpha value is -3.92. The van der Waals surface area contributed by atoms with Gasteiger partial charge in [0.1, 0.15) is 13.2 Å². The molecule has 0 spiro atoms. The van der Waals surface area contributed by atoms with E-state index in [1.807, 2.05) is 17.5 Å². The molecule has 0 radical (unpaired) electrons. The van der Waals surface area contributed by atoms with Gasteiger partial charge in [0.25, 0.3) is 11.6 Å². The van der Waals surface area contributed by atoms with Crippen LogP contribution in [-0.4, -0.2) is 41.3 Å². The van der Waals surface area contributed by atoms with Crippen molar-refractivity contribution in [1.29, 1.82) is 0 Å². The first-order valence-electron chi connectivity index (χ1n) is 10.2. The maximum Gasteiger partial charge on any atom is 0.339 e. The molecular formula is C23H19N3O6S. The molecule has 5 rings (SSSR count). The number of fused-ring (bicyclic) bond motifs is 2. The van der Waals surface area contributed by atoms with E-state index in [1.54, 1.807) is 31.2 Å². The third-order valence-corrected chi connectivity index (χ3v) is 5.97. The monoisotopic (exact) mass is 465 g/mol. The number of benzene rings is 1. The molecule has 1 unspecified atom stereocenters. The fraction of sp³-hybridized carbons (Fsp3) is 0.217. The smallest absolute Gasteiger partial charge is 0.339 e. The number of amides is 1. The zero-order chi connectivity index (χ0) is 22.9. The minimum atomic E-state index is -1.06. The van der Waals surface area contributed by atoms with Crippen LogP contribution in [0.4, 0.5) is 5.69 Å².